The summed E-state index contributed by atoms with van der Waals surface area (Å²) in [7, 11) is 0. The van der Waals surface area contributed by atoms with E-state index < -0.39 is 24.4 Å². The van der Waals surface area contributed by atoms with Crippen LogP contribution in [0.4, 0.5) is 0 Å². The first-order chi connectivity index (χ1) is 15.1. The molecule has 0 aromatic carbocycles. The second-order valence-corrected chi connectivity index (χ2v) is 9.24. The quantitative estimate of drug-likeness (QED) is 0.147. The van der Waals surface area contributed by atoms with Gasteiger partial charge in [-0.15, -0.1) is 0 Å². The van der Waals surface area contributed by atoms with Crippen molar-refractivity contribution in [2.45, 2.75) is 154 Å². The van der Waals surface area contributed by atoms with Crippen LogP contribution in [0.15, 0.2) is 0 Å². The summed E-state index contributed by atoms with van der Waals surface area (Å²) in [4.78, 5) is 0. The van der Waals surface area contributed by atoms with Crippen LogP contribution < -0.4 is 0 Å². The number of hydrogen-bond acceptors (Lipinski definition) is 5. The van der Waals surface area contributed by atoms with Gasteiger partial charge in [0.25, 0.3) is 0 Å². The first-order valence-corrected chi connectivity index (χ1v) is 13.3. The second-order valence-electron chi connectivity index (χ2n) is 9.24. The lowest BCUT2D eigenvalue weighted by Crippen LogP contribution is -2.41. The predicted molar refractivity (Wildman–Crippen MR) is 129 cm³/mol. The minimum atomic E-state index is -0.948. The molecule has 0 aliphatic heterocycles. The summed E-state index contributed by atoms with van der Waals surface area (Å²) in [6, 6.07) is 0. The average Bonchev–Trinajstić information content (AvgIpc) is 2.79. The molecule has 188 valence electrons. The highest BCUT2D eigenvalue weighted by molar-refractivity contribution is 4.75. The minimum Gasteiger partial charge on any atom is -0.394 e. The molecule has 0 radical (unpaired) electrons. The first-order valence-electron chi connectivity index (χ1n) is 13.3. The number of rotatable bonds is 24. The zero-order chi connectivity index (χ0) is 23.2. The van der Waals surface area contributed by atoms with Crippen LogP contribution in [-0.2, 0) is 4.74 Å². The Morgan fingerprint density at radius 1 is 0.484 bits per heavy atom. The summed E-state index contributed by atoms with van der Waals surface area (Å²) >= 11 is 0. The maximum atomic E-state index is 10.2. The smallest absolute Gasteiger partial charge is 0.103 e. The molecule has 5 heteroatoms. The summed E-state index contributed by atoms with van der Waals surface area (Å²) in [5.41, 5.74) is 0. The van der Waals surface area contributed by atoms with E-state index in [1.54, 1.807) is 0 Å². The molecule has 0 bridgehead atoms. The van der Waals surface area contributed by atoms with Crippen molar-refractivity contribution in [3.05, 3.63) is 0 Å². The molecule has 0 amide bonds. The van der Waals surface area contributed by atoms with E-state index in [0.29, 0.717) is 12.8 Å². The van der Waals surface area contributed by atoms with Gasteiger partial charge in [-0.3, -0.25) is 0 Å². The minimum absolute atomic E-state index is 0.346. The van der Waals surface area contributed by atoms with E-state index >= 15 is 0 Å². The maximum Gasteiger partial charge on any atom is 0.103 e. The van der Waals surface area contributed by atoms with Gasteiger partial charge in [-0.1, -0.05) is 117 Å². The predicted octanol–water partition coefficient (Wildman–Crippen LogP) is 5.51. The van der Waals surface area contributed by atoms with Crippen molar-refractivity contribution >= 4 is 0 Å². The van der Waals surface area contributed by atoms with E-state index in [4.69, 9.17) is 4.74 Å². The molecule has 0 aliphatic carbocycles. The summed E-state index contributed by atoms with van der Waals surface area (Å²) < 4.78 is 6.06. The lowest BCUT2D eigenvalue weighted by molar-refractivity contribution is -0.137. The molecule has 0 saturated heterocycles. The zero-order valence-electron chi connectivity index (χ0n) is 20.6. The summed E-state index contributed by atoms with van der Waals surface area (Å²) in [5, 5.41) is 39.3. The van der Waals surface area contributed by atoms with Gasteiger partial charge in [0, 0.05) is 0 Å². The Labute approximate surface area is 192 Å². The molecule has 4 N–H and O–H groups in total. The Balaban J connectivity index is 4.28. The molecular weight excluding hydrogens is 392 g/mol. The Bertz CT molecular complexity index is 321. The van der Waals surface area contributed by atoms with Gasteiger partial charge >= 0.3 is 0 Å². The van der Waals surface area contributed by atoms with Crippen LogP contribution in [0.1, 0.15) is 129 Å². The molecule has 0 saturated carbocycles. The molecular formula is C26H54O5. The van der Waals surface area contributed by atoms with Crippen molar-refractivity contribution in [3.8, 4) is 0 Å². The van der Waals surface area contributed by atoms with Crippen molar-refractivity contribution < 1.29 is 25.2 Å². The fraction of sp³-hybridized carbons (Fsp3) is 1.00. The van der Waals surface area contributed by atoms with Crippen LogP contribution in [0, 0.1) is 0 Å². The topological polar surface area (TPSA) is 90.2 Å². The molecule has 0 heterocycles. The van der Waals surface area contributed by atoms with E-state index in [-0.39, 0.29) is 13.2 Å². The van der Waals surface area contributed by atoms with Crippen molar-refractivity contribution in [2.24, 2.45) is 0 Å². The highest BCUT2D eigenvalue weighted by atomic mass is 16.5. The van der Waals surface area contributed by atoms with Gasteiger partial charge in [-0.25, -0.2) is 0 Å². The molecule has 0 aromatic heterocycles. The standard InChI is InChI=1S/C26H54O5/c1-3-5-7-9-11-13-15-17-19-25(23(29)21-27)31-26(24(30)22-28)20-18-16-14-12-10-8-6-4-2/h23-30H,3-22H2,1-2H3. The van der Waals surface area contributed by atoms with Crippen molar-refractivity contribution in [2.75, 3.05) is 13.2 Å². The number of ether oxygens (including phenoxy) is 1. The first kappa shape index (κ1) is 30.8. The number of aliphatic hydroxyl groups is 4. The molecule has 0 rings (SSSR count). The van der Waals surface area contributed by atoms with Crippen LogP contribution in [0.5, 0.6) is 0 Å². The molecule has 5 nitrogen and oxygen atoms in total. The van der Waals surface area contributed by atoms with E-state index in [2.05, 4.69) is 13.8 Å². The van der Waals surface area contributed by atoms with Gasteiger partial charge in [0.1, 0.15) is 12.2 Å². The van der Waals surface area contributed by atoms with E-state index in [1.165, 1.54) is 77.0 Å². The normalized spacial score (nSPS) is 15.7. The Morgan fingerprint density at radius 2 is 0.774 bits per heavy atom. The molecule has 4 unspecified atom stereocenters. The number of hydrogen-bond donors (Lipinski definition) is 4. The van der Waals surface area contributed by atoms with E-state index in [1.807, 2.05) is 0 Å². The van der Waals surface area contributed by atoms with E-state index in [9.17, 15) is 20.4 Å². The van der Waals surface area contributed by atoms with Crippen molar-refractivity contribution in [1.29, 1.82) is 0 Å². The van der Waals surface area contributed by atoms with Crippen LogP contribution in [-0.4, -0.2) is 58.1 Å². The SMILES string of the molecule is CCCCCCCCCCC(OC(CCCCCCCCCC)C(O)CO)C(O)CO. The number of unbranched alkanes of at least 4 members (excludes halogenated alkanes) is 14. The fourth-order valence-corrected chi connectivity index (χ4v) is 4.12. The van der Waals surface area contributed by atoms with Gasteiger partial charge < -0.3 is 25.2 Å². The highest BCUT2D eigenvalue weighted by Crippen LogP contribution is 2.20. The van der Waals surface area contributed by atoms with Crippen LogP contribution in [0.2, 0.25) is 0 Å². The molecule has 0 aliphatic rings. The second kappa shape index (κ2) is 23.0. The van der Waals surface area contributed by atoms with Crippen molar-refractivity contribution in [3.63, 3.8) is 0 Å². The summed E-state index contributed by atoms with van der Waals surface area (Å²) in [6.07, 6.45) is 17.7. The third-order valence-electron chi connectivity index (χ3n) is 6.27. The highest BCUT2D eigenvalue weighted by Gasteiger charge is 2.27. The lowest BCUT2D eigenvalue weighted by atomic mass is 10.0. The number of aliphatic hydroxyl groups excluding tert-OH is 4. The van der Waals surface area contributed by atoms with Gasteiger partial charge in [0.2, 0.25) is 0 Å². The lowest BCUT2D eigenvalue weighted by Gasteiger charge is -2.30. The van der Waals surface area contributed by atoms with E-state index in [0.717, 1.165) is 25.7 Å². The van der Waals surface area contributed by atoms with Gasteiger partial charge in [-0.05, 0) is 12.8 Å². The molecule has 0 fully saturated rings. The van der Waals surface area contributed by atoms with Crippen LogP contribution >= 0.6 is 0 Å². The molecule has 0 aromatic rings. The third kappa shape index (κ3) is 18.0. The monoisotopic (exact) mass is 446 g/mol. The zero-order valence-corrected chi connectivity index (χ0v) is 20.6. The maximum absolute atomic E-state index is 10.2. The Morgan fingerprint density at radius 3 is 1.06 bits per heavy atom. The largest absolute Gasteiger partial charge is 0.394 e. The Kier molecular flexibility index (Phi) is 22.8. The van der Waals surface area contributed by atoms with Gasteiger partial charge in [0.05, 0.1) is 25.4 Å². The van der Waals surface area contributed by atoms with Gasteiger partial charge in [-0.2, -0.15) is 0 Å². The van der Waals surface area contributed by atoms with Crippen molar-refractivity contribution in [1.82, 2.24) is 0 Å². The fourth-order valence-electron chi connectivity index (χ4n) is 4.12. The summed E-state index contributed by atoms with van der Waals surface area (Å²) in [6.45, 7) is 3.76. The van der Waals surface area contributed by atoms with Crippen LogP contribution in [0.3, 0.4) is 0 Å². The molecule has 31 heavy (non-hydrogen) atoms. The van der Waals surface area contributed by atoms with Gasteiger partial charge in [0.15, 0.2) is 0 Å². The molecule has 4 atom stereocenters. The molecule has 0 spiro atoms. The average molecular weight is 447 g/mol. The summed E-state index contributed by atoms with van der Waals surface area (Å²) in [5.74, 6) is 0. The third-order valence-corrected chi connectivity index (χ3v) is 6.27. The Hall–Kier alpha value is -0.200. The van der Waals surface area contributed by atoms with Crippen LogP contribution in [0.25, 0.3) is 0 Å².